The summed E-state index contributed by atoms with van der Waals surface area (Å²) in [6, 6.07) is 1.83. The van der Waals surface area contributed by atoms with E-state index < -0.39 is 0 Å². The molecule has 0 radical (unpaired) electrons. The fourth-order valence-electron chi connectivity index (χ4n) is 2.48. The molecule has 1 heterocycles. The van der Waals surface area contributed by atoms with Gasteiger partial charge in [-0.15, -0.1) is 0 Å². The molecule has 0 aromatic carbocycles. The maximum absolute atomic E-state index is 5.80. The molecule has 0 amide bonds. The van der Waals surface area contributed by atoms with Crippen molar-refractivity contribution in [3.8, 4) is 0 Å². The molecule has 16 heavy (non-hydrogen) atoms. The summed E-state index contributed by atoms with van der Waals surface area (Å²) < 4.78 is 0. The van der Waals surface area contributed by atoms with Crippen molar-refractivity contribution in [1.82, 2.24) is 9.97 Å². The third-order valence-corrected chi connectivity index (χ3v) is 3.46. The van der Waals surface area contributed by atoms with Crippen LogP contribution < -0.4 is 11.1 Å². The lowest BCUT2D eigenvalue weighted by Crippen LogP contribution is -2.31. The van der Waals surface area contributed by atoms with E-state index >= 15 is 0 Å². The van der Waals surface area contributed by atoms with Gasteiger partial charge in [-0.2, -0.15) is 0 Å². The SMILES string of the molecule is NCC1CCCCC1CNc1ncccn1. The molecule has 1 fully saturated rings. The molecule has 3 N–H and O–H groups in total. The zero-order chi connectivity index (χ0) is 11.2. The van der Waals surface area contributed by atoms with Gasteiger partial charge in [-0.25, -0.2) is 9.97 Å². The van der Waals surface area contributed by atoms with Crippen molar-refractivity contribution in [2.75, 3.05) is 18.4 Å². The lowest BCUT2D eigenvalue weighted by molar-refractivity contribution is 0.255. The van der Waals surface area contributed by atoms with E-state index in [1.165, 1.54) is 25.7 Å². The van der Waals surface area contributed by atoms with E-state index in [0.29, 0.717) is 11.8 Å². The average molecular weight is 220 g/mol. The van der Waals surface area contributed by atoms with Crippen LogP contribution in [0.15, 0.2) is 18.5 Å². The second-order valence-corrected chi connectivity index (χ2v) is 4.49. The largest absolute Gasteiger partial charge is 0.354 e. The first kappa shape index (κ1) is 11.3. The van der Waals surface area contributed by atoms with Crippen LogP contribution in [-0.2, 0) is 0 Å². The van der Waals surface area contributed by atoms with Crippen LogP contribution in [0.4, 0.5) is 5.95 Å². The van der Waals surface area contributed by atoms with E-state index in [4.69, 9.17) is 5.73 Å². The summed E-state index contributed by atoms with van der Waals surface area (Å²) in [6.07, 6.45) is 8.74. The number of rotatable bonds is 4. The fourth-order valence-corrected chi connectivity index (χ4v) is 2.48. The van der Waals surface area contributed by atoms with E-state index in [0.717, 1.165) is 19.0 Å². The molecule has 1 aliphatic rings. The molecule has 1 aromatic heterocycles. The summed E-state index contributed by atoms with van der Waals surface area (Å²) in [5.41, 5.74) is 5.80. The Hall–Kier alpha value is -1.16. The fraction of sp³-hybridized carbons (Fsp3) is 0.667. The Bertz CT molecular complexity index is 301. The molecule has 0 bridgehead atoms. The van der Waals surface area contributed by atoms with Gasteiger partial charge >= 0.3 is 0 Å². The van der Waals surface area contributed by atoms with Gasteiger partial charge in [-0.3, -0.25) is 0 Å². The van der Waals surface area contributed by atoms with Crippen molar-refractivity contribution in [3.05, 3.63) is 18.5 Å². The molecule has 2 unspecified atom stereocenters. The van der Waals surface area contributed by atoms with Gasteiger partial charge < -0.3 is 11.1 Å². The minimum Gasteiger partial charge on any atom is -0.354 e. The zero-order valence-corrected chi connectivity index (χ0v) is 9.60. The Kier molecular flexibility index (Phi) is 4.10. The Morgan fingerprint density at radius 1 is 1.19 bits per heavy atom. The van der Waals surface area contributed by atoms with Crippen LogP contribution in [-0.4, -0.2) is 23.1 Å². The van der Waals surface area contributed by atoms with Crippen LogP contribution >= 0.6 is 0 Å². The van der Waals surface area contributed by atoms with E-state index in [2.05, 4.69) is 15.3 Å². The number of nitrogens with two attached hydrogens (primary N) is 1. The van der Waals surface area contributed by atoms with Crippen molar-refractivity contribution in [3.63, 3.8) is 0 Å². The maximum Gasteiger partial charge on any atom is 0.222 e. The molecule has 1 aromatic rings. The van der Waals surface area contributed by atoms with Gasteiger partial charge in [0.2, 0.25) is 5.95 Å². The first-order chi connectivity index (χ1) is 7.90. The summed E-state index contributed by atoms with van der Waals surface area (Å²) in [6.45, 7) is 1.76. The van der Waals surface area contributed by atoms with Crippen LogP contribution in [0.5, 0.6) is 0 Å². The smallest absolute Gasteiger partial charge is 0.222 e. The zero-order valence-electron chi connectivity index (χ0n) is 9.60. The maximum atomic E-state index is 5.80. The van der Waals surface area contributed by atoms with E-state index in [1.807, 2.05) is 6.07 Å². The first-order valence-electron chi connectivity index (χ1n) is 6.11. The molecule has 4 nitrogen and oxygen atoms in total. The van der Waals surface area contributed by atoms with Gasteiger partial charge in [-0.05, 0) is 37.3 Å². The first-order valence-corrected chi connectivity index (χ1v) is 6.11. The van der Waals surface area contributed by atoms with Gasteiger partial charge in [0.05, 0.1) is 0 Å². The Morgan fingerprint density at radius 3 is 2.56 bits per heavy atom. The summed E-state index contributed by atoms with van der Waals surface area (Å²) >= 11 is 0. The second-order valence-electron chi connectivity index (χ2n) is 4.49. The highest BCUT2D eigenvalue weighted by Gasteiger charge is 2.23. The minimum absolute atomic E-state index is 0.671. The predicted octanol–water partition coefficient (Wildman–Crippen LogP) is 1.65. The normalized spacial score (nSPS) is 25.3. The van der Waals surface area contributed by atoms with E-state index in [9.17, 15) is 0 Å². The Balaban J connectivity index is 1.84. The lowest BCUT2D eigenvalue weighted by Gasteiger charge is -2.30. The highest BCUT2D eigenvalue weighted by molar-refractivity contribution is 5.22. The van der Waals surface area contributed by atoms with Gasteiger partial charge in [-0.1, -0.05) is 12.8 Å². The molecule has 0 spiro atoms. The second kappa shape index (κ2) is 5.80. The van der Waals surface area contributed by atoms with E-state index in [-0.39, 0.29) is 0 Å². The number of aromatic nitrogens is 2. The van der Waals surface area contributed by atoms with Crippen LogP contribution in [0.25, 0.3) is 0 Å². The number of hydrogen-bond acceptors (Lipinski definition) is 4. The molecule has 4 heteroatoms. The monoisotopic (exact) mass is 220 g/mol. The van der Waals surface area contributed by atoms with Crippen molar-refractivity contribution < 1.29 is 0 Å². The summed E-state index contributed by atoms with van der Waals surface area (Å²) in [7, 11) is 0. The van der Waals surface area contributed by atoms with Crippen molar-refractivity contribution in [1.29, 1.82) is 0 Å². The highest BCUT2D eigenvalue weighted by Crippen LogP contribution is 2.29. The molecule has 88 valence electrons. The molecule has 2 atom stereocenters. The van der Waals surface area contributed by atoms with Gasteiger partial charge in [0.1, 0.15) is 0 Å². The van der Waals surface area contributed by atoms with Gasteiger partial charge in [0.25, 0.3) is 0 Å². The molecule has 2 rings (SSSR count). The van der Waals surface area contributed by atoms with Crippen LogP contribution in [0.2, 0.25) is 0 Å². The molecule has 1 aliphatic carbocycles. The predicted molar refractivity (Wildman–Crippen MR) is 65.0 cm³/mol. The number of hydrogen-bond donors (Lipinski definition) is 2. The Labute approximate surface area is 96.7 Å². The van der Waals surface area contributed by atoms with E-state index in [1.54, 1.807) is 12.4 Å². The minimum atomic E-state index is 0.671. The average Bonchev–Trinajstić information content (AvgIpc) is 2.38. The standard InChI is InChI=1S/C12H20N4/c13-8-10-4-1-2-5-11(10)9-16-12-14-6-3-7-15-12/h3,6-7,10-11H,1-2,4-5,8-9,13H2,(H,14,15,16). The third kappa shape index (κ3) is 2.92. The van der Waals surface area contributed by atoms with Gasteiger partial charge in [0, 0.05) is 18.9 Å². The molecule has 1 saturated carbocycles. The number of nitrogens with one attached hydrogen (secondary N) is 1. The summed E-state index contributed by atoms with van der Waals surface area (Å²) in [5, 5.41) is 3.30. The third-order valence-electron chi connectivity index (χ3n) is 3.46. The molecule has 0 saturated heterocycles. The van der Waals surface area contributed by atoms with Crippen molar-refractivity contribution >= 4 is 5.95 Å². The lowest BCUT2D eigenvalue weighted by atomic mass is 9.79. The number of anilines is 1. The topological polar surface area (TPSA) is 63.8 Å². The molecule has 0 aliphatic heterocycles. The molecular weight excluding hydrogens is 200 g/mol. The quantitative estimate of drug-likeness (QED) is 0.810. The Morgan fingerprint density at radius 2 is 1.88 bits per heavy atom. The van der Waals surface area contributed by atoms with Crippen LogP contribution in [0, 0.1) is 11.8 Å². The van der Waals surface area contributed by atoms with Crippen molar-refractivity contribution in [2.24, 2.45) is 17.6 Å². The van der Waals surface area contributed by atoms with Crippen LogP contribution in [0.3, 0.4) is 0 Å². The van der Waals surface area contributed by atoms with Gasteiger partial charge in [0.15, 0.2) is 0 Å². The molecular formula is C12H20N4. The summed E-state index contributed by atoms with van der Waals surface area (Å²) in [5.74, 6) is 2.08. The summed E-state index contributed by atoms with van der Waals surface area (Å²) in [4.78, 5) is 8.32. The highest BCUT2D eigenvalue weighted by atomic mass is 15.1. The number of nitrogens with zero attached hydrogens (tertiary/aromatic N) is 2. The van der Waals surface area contributed by atoms with Crippen molar-refractivity contribution in [2.45, 2.75) is 25.7 Å². The van der Waals surface area contributed by atoms with Crippen LogP contribution in [0.1, 0.15) is 25.7 Å².